The summed E-state index contributed by atoms with van der Waals surface area (Å²) in [4.78, 5) is 28.9. The molecule has 2 amide bonds. The molecule has 3 aromatic rings. The Kier molecular flexibility index (Phi) is 6.60. The molecule has 2 heterocycles. The molecule has 0 fully saturated rings. The largest absolute Gasteiger partial charge is 0.380 e. The average molecular weight is 416 g/mol. The van der Waals surface area contributed by atoms with Gasteiger partial charge in [0.1, 0.15) is 0 Å². The SMILES string of the molecule is CCOCCn1c(=NC(=O)c2ccn(C(C)C)n2)sc2cc(NC(C)=O)ccc21. The van der Waals surface area contributed by atoms with Crippen molar-refractivity contribution in [3.05, 3.63) is 41.0 Å². The second-order valence-corrected chi connectivity index (χ2v) is 7.80. The molecule has 9 heteroatoms. The average Bonchev–Trinajstić information content (AvgIpc) is 3.27. The van der Waals surface area contributed by atoms with E-state index in [4.69, 9.17) is 4.74 Å². The minimum absolute atomic E-state index is 0.133. The number of anilines is 1. The van der Waals surface area contributed by atoms with Crippen molar-refractivity contribution in [3.8, 4) is 0 Å². The Bertz CT molecular complexity index is 1090. The monoisotopic (exact) mass is 415 g/mol. The number of aromatic nitrogens is 3. The lowest BCUT2D eigenvalue weighted by Gasteiger charge is -2.06. The van der Waals surface area contributed by atoms with Crippen LogP contribution in [0.5, 0.6) is 0 Å². The van der Waals surface area contributed by atoms with Crippen molar-refractivity contribution in [3.63, 3.8) is 0 Å². The fourth-order valence-electron chi connectivity index (χ4n) is 2.84. The molecule has 29 heavy (non-hydrogen) atoms. The Morgan fingerprint density at radius 3 is 2.76 bits per heavy atom. The van der Waals surface area contributed by atoms with Gasteiger partial charge in [-0.2, -0.15) is 10.1 Å². The first kappa shape index (κ1) is 20.9. The van der Waals surface area contributed by atoms with Gasteiger partial charge in [0.25, 0.3) is 5.91 Å². The molecule has 0 saturated heterocycles. The summed E-state index contributed by atoms with van der Waals surface area (Å²) < 4.78 is 10.1. The van der Waals surface area contributed by atoms with Crippen molar-refractivity contribution in [1.29, 1.82) is 0 Å². The lowest BCUT2D eigenvalue weighted by atomic mass is 10.3. The molecule has 0 aliphatic rings. The van der Waals surface area contributed by atoms with Crippen LogP contribution in [0.2, 0.25) is 0 Å². The number of hydrogen-bond acceptors (Lipinski definition) is 5. The number of nitrogens with zero attached hydrogens (tertiary/aromatic N) is 4. The maximum Gasteiger partial charge on any atom is 0.300 e. The highest BCUT2D eigenvalue weighted by atomic mass is 32.1. The number of ether oxygens (including phenoxy) is 1. The van der Waals surface area contributed by atoms with Crippen LogP contribution in [0.1, 0.15) is 44.2 Å². The van der Waals surface area contributed by atoms with E-state index in [2.05, 4.69) is 15.4 Å². The molecule has 0 aliphatic heterocycles. The van der Waals surface area contributed by atoms with Gasteiger partial charge in [0.15, 0.2) is 10.5 Å². The van der Waals surface area contributed by atoms with E-state index in [1.54, 1.807) is 16.9 Å². The number of nitrogens with one attached hydrogen (secondary N) is 1. The smallest absolute Gasteiger partial charge is 0.300 e. The topological polar surface area (TPSA) is 90.5 Å². The summed E-state index contributed by atoms with van der Waals surface area (Å²) >= 11 is 1.39. The van der Waals surface area contributed by atoms with Gasteiger partial charge in [-0.05, 0) is 45.0 Å². The summed E-state index contributed by atoms with van der Waals surface area (Å²) in [5, 5.41) is 7.09. The van der Waals surface area contributed by atoms with E-state index in [9.17, 15) is 9.59 Å². The van der Waals surface area contributed by atoms with E-state index in [0.717, 1.165) is 10.2 Å². The van der Waals surface area contributed by atoms with Gasteiger partial charge in [-0.25, -0.2) is 0 Å². The predicted octanol–water partition coefficient (Wildman–Crippen LogP) is 3.22. The Labute approximate surface area is 172 Å². The molecule has 0 atom stereocenters. The molecule has 0 unspecified atom stereocenters. The minimum atomic E-state index is -0.386. The standard InChI is InChI=1S/C20H25N5O3S/c1-5-28-11-10-24-17-7-6-15(21-14(4)26)12-18(17)29-20(24)22-19(27)16-8-9-25(23-16)13(2)3/h6-9,12-13H,5,10-11H2,1-4H3,(H,21,26). The van der Waals surface area contributed by atoms with E-state index in [-0.39, 0.29) is 17.9 Å². The summed E-state index contributed by atoms with van der Waals surface area (Å²) in [6, 6.07) is 7.49. The zero-order valence-electron chi connectivity index (χ0n) is 17.0. The van der Waals surface area contributed by atoms with Crippen molar-refractivity contribution < 1.29 is 14.3 Å². The van der Waals surface area contributed by atoms with E-state index in [0.29, 0.717) is 35.9 Å². The van der Waals surface area contributed by atoms with Crippen LogP contribution in [0.25, 0.3) is 10.2 Å². The van der Waals surface area contributed by atoms with Crippen LogP contribution in [-0.2, 0) is 16.1 Å². The second kappa shape index (κ2) is 9.15. The van der Waals surface area contributed by atoms with Crippen molar-refractivity contribution >= 4 is 39.1 Å². The molecular weight excluding hydrogens is 390 g/mol. The molecule has 0 spiro atoms. The maximum absolute atomic E-state index is 12.7. The molecule has 1 N–H and O–H groups in total. The van der Waals surface area contributed by atoms with Crippen LogP contribution in [0, 0.1) is 0 Å². The number of fused-ring (bicyclic) bond motifs is 1. The summed E-state index contributed by atoms with van der Waals surface area (Å²) in [5.41, 5.74) is 1.95. The lowest BCUT2D eigenvalue weighted by molar-refractivity contribution is -0.114. The Hall–Kier alpha value is -2.78. The van der Waals surface area contributed by atoms with Crippen LogP contribution >= 0.6 is 11.3 Å². The number of benzene rings is 1. The van der Waals surface area contributed by atoms with Gasteiger partial charge >= 0.3 is 0 Å². The fourth-order valence-corrected chi connectivity index (χ4v) is 3.93. The van der Waals surface area contributed by atoms with Crippen LogP contribution in [0.15, 0.2) is 35.5 Å². The molecule has 1 aromatic carbocycles. The third-order valence-electron chi connectivity index (χ3n) is 4.22. The van der Waals surface area contributed by atoms with Crippen LogP contribution < -0.4 is 10.1 Å². The van der Waals surface area contributed by atoms with Crippen molar-refractivity contribution in [2.75, 3.05) is 18.5 Å². The van der Waals surface area contributed by atoms with Gasteiger partial charge in [-0.15, -0.1) is 0 Å². The van der Waals surface area contributed by atoms with Crippen molar-refractivity contribution in [2.45, 2.75) is 40.3 Å². The van der Waals surface area contributed by atoms with Gasteiger partial charge in [0.2, 0.25) is 5.91 Å². The molecule has 0 aliphatic carbocycles. The van der Waals surface area contributed by atoms with Gasteiger partial charge in [0, 0.05) is 38.0 Å². The molecule has 3 rings (SSSR count). The normalized spacial score (nSPS) is 12.1. The van der Waals surface area contributed by atoms with Crippen LogP contribution in [0.3, 0.4) is 0 Å². The van der Waals surface area contributed by atoms with Crippen LogP contribution in [0.4, 0.5) is 5.69 Å². The van der Waals surface area contributed by atoms with Gasteiger partial charge in [-0.1, -0.05) is 11.3 Å². The Morgan fingerprint density at radius 1 is 1.31 bits per heavy atom. The molecule has 0 radical (unpaired) electrons. The Morgan fingerprint density at radius 2 is 2.10 bits per heavy atom. The number of rotatable bonds is 7. The molecular formula is C20H25N5O3S. The van der Waals surface area contributed by atoms with E-state index < -0.39 is 0 Å². The molecule has 2 aromatic heterocycles. The first-order valence-electron chi connectivity index (χ1n) is 9.52. The number of carbonyl (C=O) groups is 2. The van der Waals surface area contributed by atoms with Crippen molar-refractivity contribution in [2.24, 2.45) is 4.99 Å². The van der Waals surface area contributed by atoms with Gasteiger partial charge in [-0.3, -0.25) is 14.3 Å². The molecule has 8 nitrogen and oxygen atoms in total. The molecule has 0 saturated carbocycles. The Balaban J connectivity index is 2.02. The summed E-state index contributed by atoms with van der Waals surface area (Å²) in [7, 11) is 0. The third-order valence-corrected chi connectivity index (χ3v) is 5.26. The van der Waals surface area contributed by atoms with Crippen molar-refractivity contribution in [1.82, 2.24) is 14.3 Å². The zero-order valence-corrected chi connectivity index (χ0v) is 17.8. The third kappa shape index (κ3) is 4.99. The quantitative estimate of drug-likeness (QED) is 0.600. The van der Waals surface area contributed by atoms with E-state index >= 15 is 0 Å². The highest BCUT2D eigenvalue weighted by Gasteiger charge is 2.13. The lowest BCUT2D eigenvalue weighted by Crippen LogP contribution is -2.20. The second-order valence-electron chi connectivity index (χ2n) is 6.79. The van der Waals surface area contributed by atoms with Crippen LogP contribution in [-0.4, -0.2) is 39.4 Å². The molecule has 154 valence electrons. The highest BCUT2D eigenvalue weighted by molar-refractivity contribution is 7.16. The van der Waals surface area contributed by atoms with E-state index in [1.165, 1.54) is 18.3 Å². The molecule has 0 bridgehead atoms. The maximum atomic E-state index is 12.7. The zero-order chi connectivity index (χ0) is 21.0. The predicted molar refractivity (Wildman–Crippen MR) is 113 cm³/mol. The first-order valence-corrected chi connectivity index (χ1v) is 10.3. The first-order chi connectivity index (χ1) is 13.9. The number of carbonyl (C=O) groups excluding carboxylic acids is 2. The summed E-state index contributed by atoms with van der Waals surface area (Å²) in [6.45, 7) is 9.11. The number of thiazole rings is 1. The van der Waals surface area contributed by atoms with E-state index in [1.807, 2.05) is 43.5 Å². The summed E-state index contributed by atoms with van der Waals surface area (Å²) in [6.07, 6.45) is 1.78. The minimum Gasteiger partial charge on any atom is -0.380 e. The van der Waals surface area contributed by atoms with Gasteiger partial charge < -0.3 is 14.6 Å². The fraction of sp³-hybridized carbons (Fsp3) is 0.400. The summed E-state index contributed by atoms with van der Waals surface area (Å²) in [5.74, 6) is -0.519. The van der Waals surface area contributed by atoms with Gasteiger partial charge in [0.05, 0.1) is 16.8 Å². The number of amides is 2. The number of hydrogen-bond donors (Lipinski definition) is 1. The highest BCUT2D eigenvalue weighted by Crippen LogP contribution is 2.22.